The van der Waals surface area contributed by atoms with E-state index in [2.05, 4.69) is 5.32 Å². The van der Waals surface area contributed by atoms with Crippen LogP contribution in [0, 0.1) is 11.7 Å². The number of benzene rings is 1. The van der Waals surface area contributed by atoms with Crippen molar-refractivity contribution in [3.63, 3.8) is 0 Å². The Morgan fingerprint density at radius 3 is 2.74 bits per heavy atom. The average molecular weight is 346 g/mol. The van der Waals surface area contributed by atoms with Crippen LogP contribution < -0.4 is 5.32 Å². The number of hydrogen-bond donors (Lipinski definition) is 2. The number of amides is 1. The van der Waals surface area contributed by atoms with Crippen molar-refractivity contribution in [2.24, 2.45) is 5.92 Å². The Bertz CT molecular complexity index is 692. The topological polar surface area (TPSA) is 95.9 Å². The molecule has 0 radical (unpaired) electrons. The molecule has 1 saturated heterocycles. The summed E-state index contributed by atoms with van der Waals surface area (Å²) in [5, 5.41) is 11.8. The van der Waals surface area contributed by atoms with E-state index in [1.807, 2.05) is 0 Å². The third-order valence-corrected chi connectivity index (χ3v) is 5.66. The molecule has 1 heterocycles. The first kappa shape index (κ1) is 17.6. The number of phenolic OH excluding ortho intramolecular Hbond substituents is 1. The lowest BCUT2D eigenvalue weighted by Crippen LogP contribution is -2.43. The van der Waals surface area contributed by atoms with Gasteiger partial charge in [-0.2, -0.15) is 0 Å². The van der Waals surface area contributed by atoms with Crippen molar-refractivity contribution in [1.82, 2.24) is 9.62 Å². The molecule has 1 aliphatic heterocycles. The van der Waals surface area contributed by atoms with E-state index in [0.717, 1.165) is 10.4 Å². The number of carbonyl (C=O) groups excluding carboxylic acids is 1. The third kappa shape index (κ3) is 4.18. The Morgan fingerprint density at radius 2 is 2.13 bits per heavy atom. The number of ether oxygens (including phenoxy) is 1. The maximum Gasteiger partial charge on any atom is 0.254 e. The molecule has 0 unspecified atom stereocenters. The Kier molecular flexibility index (Phi) is 5.23. The smallest absolute Gasteiger partial charge is 0.254 e. The van der Waals surface area contributed by atoms with Gasteiger partial charge in [-0.15, -0.1) is 0 Å². The standard InChI is InChI=1S/C14H19FN2O5S/c1-17(2)23(20,21)8-9-6-22-7-13(9)16-14(19)11-4-3-10(18)5-12(11)15/h3-5,9,13,18H,6-8H2,1-2H3,(H,16,19)/t9-,13+/m0/s1. The summed E-state index contributed by atoms with van der Waals surface area (Å²) in [6, 6.07) is 2.69. The van der Waals surface area contributed by atoms with Crippen LogP contribution in [-0.4, -0.2) is 62.8 Å². The molecule has 2 atom stereocenters. The van der Waals surface area contributed by atoms with Crippen molar-refractivity contribution in [3.05, 3.63) is 29.6 Å². The number of hydrogen-bond acceptors (Lipinski definition) is 5. The van der Waals surface area contributed by atoms with Crippen molar-refractivity contribution < 1.29 is 27.4 Å². The van der Waals surface area contributed by atoms with Gasteiger partial charge in [-0.1, -0.05) is 0 Å². The minimum atomic E-state index is -3.43. The van der Waals surface area contributed by atoms with E-state index in [9.17, 15) is 17.6 Å². The molecule has 1 aromatic carbocycles. The highest BCUT2D eigenvalue weighted by Crippen LogP contribution is 2.19. The molecule has 0 aromatic heterocycles. The predicted octanol–water partition coefficient (Wildman–Crippen LogP) is 0.168. The Hall–Kier alpha value is -1.71. The van der Waals surface area contributed by atoms with Crippen molar-refractivity contribution in [2.75, 3.05) is 33.1 Å². The Balaban J connectivity index is 2.08. The second-order valence-corrected chi connectivity index (χ2v) is 7.83. The van der Waals surface area contributed by atoms with E-state index in [1.165, 1.54) is 26.2 Å². The van der Waals surface area contributed by atoms with Gasteiger partial charge in [0.2, 0.25) is 10.0 Å². The van der Waals surface area contributed by atoms with Crippen LogP contribution >= 0.6 is 0 Å². The van der Waals surface area contributed by atoms with E-state index in [0.29, 0.717) is 0 Å². The van der Waals surface area contributed by atoms with Gasteiger partial charge in [0.1, 0.15) is 11.6 Å². The number of sulfonamides is 1. The summed E-state index contributed by atoms with van der Waals surface area (Å²) >= 11 is 0. The Morgan fingerprint density at radius 1 is 1.43 bits per heavy atom. The van der Waals surface area contributed by atoms with E-state index in [4.69, 9.17) is 9.84 Å². The number of carbonyl (C=O) groups is 1. The van der Waals surface area contributed by atoms with Gasteiger partial charge in [0.15, 0.2) is 0 Å². The van der Waals surface area contributed by atoms with Gasteiger partial charge in [-0.05, 0) is 12.1 Å². The van der Waals surface area contributed by atoms with Gasteiger partial charge < -0.3 is 15.2 Å². The lowest BCUT2D eigenvalue weighted by molar-refractivity contribution is 0.0922. The second-order valence-electron chi connectivity index (χ2n) is 5.60. The van der Waals surface area contributed by atoms with E-state index >= 15 is 0 Å². The first-order chi connectivity index (χ1) is 10.7. The van der Waals surface area contributed by atoms with Crippen LogP contribution in [-0.2, 0) is 14.8 Å². The fourth-order valence-corrected chi connectivity index (χ4v) is 3.44. The van der Waals surface area contributed by atoms with Crippen LogP contribution in [0.4, 0.5) is 4.39 Å². The van der Waals surface area contributed by atoms with Gasteiger partial charge in [0.05, 0.1) is 30.6 Å². The summed E-state index contributed by atoms with van der Waals surface area (Å²) < 4.78 is 44.0. The largest absolute Gasteiger partial charge is 0.508 e. The quantitative estimate of drug-likeness (QED) is 0.792. The molecule has 0 aliphatic carbocycles. The number of halogens is 1. The van der Waals surface area contributed by atoms with Crippen LogP contribution in [0.3, 0.4) is 0 Å². The van der Waals surface area contributed by atoms with Crippen LogP contribution in [0.2, 0.25) is 0 Å². The van der Waals surface area contributed by atoms with Gasteiger partial charge in [-0.3, -0.25) is 4.79 Å². The molecule has 7 nitrogen and oxygen atoms in total. The molecule has 1 aromatic rings. The van der Waals surface area contributed by atoms with Crippen molar-refractivity contribution in [2.45, 2.75) is 6.04 Å². The predicted molar refractivity (Wildman–Crippen MR) is 81.1 cm³/mol. The van der Waals surface area contributed by atoms with Gasteiger partial charge in [0, 0.05) is 26.1 Å². The van der Waals surface area contributed by atoms with Crippen molar-refractivity contribution in [1.29, 1.82) is 0 Å². The minimum absolute atomic E-state index is 0.164. The first-order valence-corrected chi connectivity index (χ1v) is 8.59. The van der Waals surface area contributed by atoms with Crippen LogP contribution in [0.25, 0.3) is 0 Å². The fraction of sp³-hybridized carbons (Fsp3) is 0.500. The van der Waals surface area contributed by atoms with E-state index < -0.39 is 33.7 Å². The summed E-state index contributed by atoms with van der Waals surface area (Å²) in [5.74, 6) is -2.38. The van der Waals surface area contributed by atoms with Crippen LogP contribution in [0.15, 0.2) is 18.2 Å². The minimum Gasteiger partial charge on any atom is -0.508 e. The number of aromatic hydroxyl groups is 1. The molecule has 2 N–H and O–H groups in total. The Labute approximate surface area is 134 Å². The molecule has 1 amide bonds. The van der Waals surface area contributed by atoms with Gasteiger partial charge in [-0.25, -0.2) is 17.1 Å². The summed E-state index contributed by atoms with van der Waals surface area (Å²) in [5.41, 5.74) is -0.219. The highest BCUT2D eigenvalue weighted by atomic mass is 32.2. The lowest BCUT2D eigenvalue weighted by Gasteiger charge is -2.21. The zero-order chi connectivity index (χ0) is 17.2. The molecule has 23 heavy (non-hydrogen) atoms. The summed E-state index contributed by atoms with van der Waals surface area (Å²) in [6.45, 7) is 0.370. The zero-order valence-corrected chi connectivity index (χ0v) is 13.6. The molecule has 0 saturated carbocycles. The zero-order valence-electron chi connectivity index (χ0n) is 12.8. The molecular formula is C14H19FN2O5S. The van der Waals surface area contributed by atoms with Crippen molar-refractivity contribution in [3.8, 4) is 5.75 Å². The van der Waals surface area contributed by atoms with E-state index in [-0.39, 0.29) is 30.3 Å². The fourth-order valence-electron chi connectivity index (χ4n) is 2.28. The van der Waals surface area contributed by atoms with Gasteiger partial charge >= 0.3 is 0 Å². The monoisotopic (exact) mass is 346 g/mol. The maximum atomic E-state index is 13.7. The normalized spacial score (nSPS) is 21.6. The maximum absolute atomic E-state index is 13.7. The number of nitrogens with one attached hydrogen (secondary N) is 1. The molecule has 9 heteroatoms. The molecule has 1 fully saturated rings. The second kappa shape index (κ2) is 6.81. The summed E-state index contributed by atoms with van der Waals surface area (Å²) in [7, 11) is -0.564. The van der Waals surface area contributed by atoms with Crippen LogP contribution in [0.1, 0.15) is 10.4 Å². The highest BCUT2D eigenvalue weighted by Gasteiger charge is 2.34. The lowest BCUT2D eigenvalue weighted by atomic mass is 10.1. The number of phenols is 1. The number of nitrogens with zero attached hydrogens (tertiary/aromatic N) is 1. The van der Waals surface area contributed by atoms with Crippen LogP contribution in [0.5, 0.6) is 5.75 Å². The molecule has 128 valence electrons. The molecule has 2 rings (SSSR count). The number of rotatable bonds is 5. The van der Waals surface area contributed by atoms with E-state index in [1.54, 1.807) is 0 Å². The average Bonchev–Trinajstić information content (AvgIpc) is 2.84. The first-order valence-electron chi connectivity index (χ1n) is 6.98. The molecule has 0 spiro atoms. The van der Waals surface area contributed by atoms with Crippen molar-refractivity contribution >= 4 is 15.9 Å². The summed E-state index contributed by atoms with van der Waals surface area (Å²) in [6.07, 6.45) is 0. The van der Waals surface area contributed by atoms with Gasteiger partial charge in [0.25, 0.3) is 5.91 Å². The SMILES string of the molecule is CN(C)S(=O)(=O)C[C@@H]1COC[C@H]1NC(=O)c1ccc(O)cc1F. The summed E-state index contributed by atoms with van der Waals surface area (Å²) in [4.78, 5) is 12.1. The molecule has 1 aliphatic rings. The molecule has 0 bridgehead atoms. The third-order valence-electron chi connectivity index (χ3n) is 3.69. The highest BCUT2D eigenvalue weighted by molar-refractivity contribution is 7.89. The molecular weight excluding hydrogens is 327 g/mol.